The van der Waals surface area contributed by atoms with Gasteiger partial charge in [-0.25, -0.2) is 0 Å². The monoisotopic (exact) mass is 476 g/mol. The summed E-state index contributed by atoms with van der Waals surface area (Å²) in [6.45, 7) is 4.16. The van der Waals surface area contributed by atoms with E-state index in [0.717, 1.165) is 16.0 Å². The van der Waals surface area contributed by atoms with Crippen LogP contribution in [0.5, 0.6) is 11.5 Å². The number of aryl methyl sites for hydroxylation is 1. The topological polar surface area (TPSA) is 67.9 Å². The maximum Gasteiger partial charge on any atom is 0.256 e. The highest BCUT2D eigenvalue weighted by atomic mass is 32.2. The van der Waals surface area contributed by atoms with Gasteiger partial charge in [0.2, 0.25) is 0 Å². The first-order valence-corrected chi connectivity index (χ1v) is 12.0. The molecular formula is C27H28N2O4S. The van der Waals surface area contributed by atoms with Crippen molar-refractivity contribution in [3.63, 3.8) is 0 Å². The highest BCUT2D eigenvalue weighted by molar-refractivity contribution is 7.99. The fourth-order valence-corrected chi connectivity index (χ4v) is 5.11. The molecule has 1 unspecified atom stereocenters. The largest absolute Gasteiger partial charge is 0.497 e. The quantitative estimate of drug-likeness (QED) is 0.532. The Morgan fingerprint density at radius 3 is 2.50 bits per heavy atom. The molecule has 34 heavy (non-hydrogen) atoms. The first-order chi connectivity index (χ1) is 16.4. The van der Waals surface area contributed by atoms with Crippen LogP contribution in [0, 0.1) is 6.92 Å². The van der Waals surface area contributed by atoms with Crippen LogP contribution in [0.25, 0.3) is 0 Å². The van der Waals surface area contributed by atoms with E-state index in [1.54, 1.807) is 30.2 Å². The zero-order valence-corrected chi connectivity index (χ0v) is 20.6. The van der Waals surface area contributed by atoms with Gasteiger partial charge in [-0.15, -0.1) is 11.8 Å². The molecular weight excluding hydrogens is 448 g/mol. The van der Waals surface area contributed by atoms with Gasteiger partial charge in [0.15, 0.2) is 0 Å². The third-order valence-corrected chi connectivity index (χ3v) is 7.45. The lowest BCUT2D eigenvalue weighted by Gasteiger charge is -2.38. The van der Waals surface area contributed by atoms with E-state index in [1.165, 1.54) is 18.9 Å². The number of anilines is 1. The number of fused-ring (bicyclic) bond motifs is 1. The van der Waals surface area contributed by atoms with Crippen LogP contribution >= 0.6 is 11.8 Å². The summed E-state index contributed by atoms with van der Waals surface area (Å²) < 4.78 is 10.7. The Balaban J connectivity index is 1.72. The molecule has 1 N–H and O–H groups in total. The first-order valence-electron chi connectivity index (χ1n) is 11.0. The van der Waals surface area contributed by atoms with Crippen LogP contribution in [0.4, 0.5) is 5.69 Å². The maximum absolute atomic E-state index is 13.8. The van der Waals surface area contributed by atoms with Gasteiger partial charge in [-0.3, -0.25) is 9.59 Å². The Hall–Kier alpha value is -3.45. The van der Waals surface area contributed by atoms with E-state index >= 15 is 0 Å². The Morgan fingerprint density at radius 2 is 1.79 bits per heavy atom. The molecule has 0 aromatic heterocycles. The second kappa shape index (κ2) is 9.81. The highest BCUT2D eigenvalue weighted by Crippen LogP contribution is 2.38. The molecule has 0 bridgehead atoms. The Morgan fingerprint density at radius 1 is 1.06 bits per heavy atom. The molecule has 0 saturated heterocycles. The van der Waals surface area contributed by atoms with Crippen LogP contribution in [0.15, 0.2) is 71.6 Å². The SMILES string of the molecule is COc1ccc(NC(=O)C2(C)CSc3ccccc3C(=O)N2Cc2ccc(C)cc2)c(OC)c1. The number of hydrogen-bond donors (Lipinski definition) is 1. The third kappa shape index (κ3) is 4.61. The molecule has 1 heterocycles. The summed E-state index contributed by atoms with van der Waals surface area (Å²) in [5.74, 6) is 1.07. The Kier molecular flexibility index (Phi) is 6.84. The minimum atomic E-state index is -1.11. The molecule has 4 rings (SSSR count). The number of rotatable bonds is 6. The molecule has 1 atom stereocenters. The number of hydrogen-bond acceptors (Lipinski definition) is 5. The van der Waals surface area contributed by atoms with Crippen LogP contribution < -0.4 is 14.8 Å². The lowest BCUT2D eigenvalue weighted by molar-refractivity contribution is -0.125. The summed E-state index contributed by atoms with van der Waals surface area (Å²) in [6, 6.07) is 20.7. The van der Waals surface area contributed by atoms with Crippen molar-refractivity contribution in [1.82, 2.24) is 4.90 Å². The number of benzene rings is 3. The van der Waals surface area contributed by atoms with Crippen molar-refractivity contribution in [2.24, 2.45) is 0 Å². The van der Waals surface area contributed by atoms with Gasteiger partial charge in [0.25, 0.3) is 11.8 Å². The summed E-state index contributed by atoms with van der Waals surface area (Å²) >= 11 is 1.52. The number of carbonyl (C=O) groups is 2. The Bertz CT molecular complexity index is 1210. The van der Waals surface area contributed by atoms with Crippen molar-refractivity contribution in [1.29, 1.82) is 0 Å². The maximum atomic E-state index is 13.8. The predicted molar refractivity (Wildman–Crippen MR) is 135 cm³/mol. The Labute approximate surface area is 204 Å². The normalized spacial score (nSPS) is 17.5. The molecule has 6 nitrogen and oxygen atoms in total. The summed E-state index contributed by atoms with van der Waals surface area (Å²) in [7, 11) is 3.11. The van der Waals surface area contributed by atoms with E-state index < -0.39 is 5.54 Å². The van der Waals surface area contributed by atoms with Crippen LogP contribution in [-0.4, -0.2) is 42.2 Å². The fraction of sp³-hybridized carbons (Fsp3) is 0.259. The molecule has 0 fully saturated rings. The van der Waals surface area contributed by atoms with Gasteiger partial charge in [0, 0.05) is 23.3 Å². The molecule has 0 radical (unpaired) electrons. The van der Waals surface area contributed by atoms with E-state index in [2.05, 4.69) is 5.32 Å². The minimum absolute atomic E-state index is 0.166. The number of nitrogens with one attached hydrogen (secondary N) is 1. The van der Waals surface area contributed by atoms with E-state index in [1.807, 2.05) is 62.4 Å². The molecule has 0 aliphatic carbocycles. The van der Waals surface area contributed by atoms with Crippen LogP contribution in [0.1, 0.15) is 28.4 Å². The smallest absolute Gasteiger partial charge is 0.256 e. The van der Waals surface area contributed by atoms with Crippen molar-refractivity contribution in [3.8, 4) is 11.5 Å². The molecule has 7 heteroatoms. The number of ether oxygens (including phenoxy) is 2. The van der Waals surface area contributed by atoms with E-state index in [9.17, 15) is 9.59 Å². The number of thioether (sulfide) groups is 1. The lowest BCUT2D eigenvalue weighted by Crippen LogP contribution is -2.57. The number of amides is 2. The average Bonchev–Trinajstić information content (AvgIpc) is 2.96. The molecule has 0 saturated carbocycles. The van der Waals surface area contributed by atoms with Gasteiger partial charge in [-0.1, -0.05) is 42.0 Å². The standard InChI is InChI=1S/C27H28N2O4S/c1-18-9-11-19(12-10-18)16-29-25(30)21-7-5-6-8-24(21)34-17-27(29,2)26(31)28-22-14-13-20(32-3)15-23(22)33-4/h5-15H,16-17H2,1-4H3,(H,28,31). The summed E-state index contributed by atoms with van der Waals surface area (Å²) in [5, 5.41) is 3.00. The fourth-order valence-electron chi connectivity index (χ4n) is 3.90. The van der Waals surface area contributed by atoms with Gasteiger partial charge < -0.3 is 19.7 Å². The van der Waals surface area contributed by atoms with Gasteiger partial charge in [-0.05, 0) is 43.7 Å². The summed E-state index contributed by atoms with van der Waals surface area (Å²) in [5.41, 5.74) is 2.11. The van der Waals surface area contributed by atoms with E-state index in [4.69, 9.17) is 9.47 Å². The van der Waals surface area contributed by atoms with Crippen molar-refractivity contribution in [2.75, 3.05) is 25.3 Å². The average molecular weight is 477 g/mol. The molecule has 176 valence electrons. The third-order valence-electron chi connectivity index (χ3n) is 6.07. The van der Waals surface area contributed by atoms with Crippen molar-refractivity contribution >= 4 is 29.3 Å². The second-order valence-electron chi connectivity index (χ2n) is 8.46. The molecule has 1 aliphatic rings. The molecule has 2 amide bonds. The zero-order chi connectivity index (χ0) is 24.3. The van der Waals surface area contributed by atoms with Gasteiger partial charge in [-0.2, -0.15) is 0 Å². The van der Waals surface area contributed by atoms with Gasteiger partial charge in [0.05, 0.1) is 25.5 Å². The molecule has 3 aromatic carbocycles. The van der Waals surface area contributed by atoms with Crippen LogP contribution in [-0.2, 0) is 11.3 Å². The van der Waals surface area contributed by atoms with Crippen molar-refractivity contribution in [3.05, 3.63) is 83.4 Å². The number of methoxy groups -OCH3 is 2. The zero-order valence-electron chi connectivity index (χ0n) is 19.8. The summed E-state index contributed by atoms with van der Waals surface area (Å²) in [4.78, 5) is 30.1. The van der Waals surface area contributed by atoms with E-state index in [-0.39, 0.29) is 11.8 Å². The van der Waals surface area contributed by atoms with Crippen LogP contribution in [0.3, 0.4) is 0 Å². The summed E-state index contributed by atoms with van der Waals surface area (Å²) in [6.07, 6.45) is 0. The minimum Gasteiger partial charge on any atom is -0.497 e. The van der Waals surface area contributed by atoms with Crippen molar-refractivity contribution in [2.45, 2.75) is 30.8 Å². The second-order valence-corrected chi connectivity index (χ2v) is 9.47. The van der Waals surface area contributed by atoms with E-state index in [0.29, 0.717) is 35.0 Å². The van der Waals surface area contributed by atoms with Crippen LogP contribution in [0.2, 0.25) is 0 Å². The number of nitrogens with zero attached hydrogens (tertiary/aromatic N) is 1. The molecule has 1 aliphatic heterocycles. The van der Waals surface area contributed by atoms with Gasteiger partial charge >= 0.3 is 0 Å². The first kappa shape index (κ1) is 23.7. The molecule has 3 aromatic rings. The lowest BCUT2D eigenvalue weighted by atomic mass is 9.97. The highest BCUT2D eigenvalue weighted by Gasteiger charge is 2.45. The predicted octanol–water partition coefficient (Wildman–Crippen LogP) is 5.16. The number of carbonyl (C=O) groups excluding carboxylic acids is 2. The molecule has 0 spiro atoms. The van der Waals surface area contributed by atoms with Gasteiger partial charge in [0.1, 0.15) is 17.0 Å². The van der Waals surface area contributed by atoms with Crippen molar-refractivity contribution < 1.29 is 19.1 Å².